The fraction of sp³-hybridized carbons (Fsp3) is 0.500. The van der Waals surface area contributed by atoms with Crippen molar-refractivity contribution in [3.8, 4) is 0 Å². The van der Waals surface area contributed by atoms with Crippen molar-refractivity contribution in [3.63, 3.8) is 0 Å². The minimum atomic E-state index is -0.457. The standard InChI is InChI=1S/C18H23N3O2S/c1-18(2,3)23-17(22)21-10-6-7-13(12-21)24-16-11-19-14-8-4-5-9-15(14)20-16/h4-5,8-9,11,13H,6-7,10,12H2,1-3H3/t13-/m1/s1. The number of amides is 1. The molecule has 1 saturated heterocycles. The Morgan fingerprint density at radius 1 is 1.29 bits per heavy atom. The first-order valence-corrected chi connectivity index (χ1v) is 9.15. The Balaban J connectivity index is 1.65. The first-order valence-electron chi connectivity index (χ1n) is 8.27. The van der Waals surface area contributed by atoms with E-state index in [-0.39, 0.29) is 6.09 Å². The largest absolute Gasteiger partial charge is 0.444 e. The van der Waals surface area contributed by atoms with Gasteiger partial charge in [0.15, 0.2) is 0 Å². The number of aromatic nitrogens is 2. The molecule has 5 nitrogen and oxygen atoms in total. The summed E-state index contributed by atoms with van der Waals surface area (Å²) < 4.78 is 5.48. The lowest BCUT2D eigenvalue weighted by Crippen LogP contribution is -2.43. The number of para-hydroxylation sites is 2. The van der Waals surface area contributed by atoms with Gasteiger partial charge in [-0.05, 0) is 45.7 Å². The number of rotatable bonds is 2. The first-order chi connectivity index (χ1) is 11.4. The summed E-state index contributed by atoms with van der Waals surface area (Å²) in [6, 6.07) is 7.86. The average molecular weight is 345 g/mol. The third-order valence-electron chi connectivity index (χ3n) is 3.74. The Bertz CT molecular complexity index is 730. The number of piperidine rings is 1. The highest BCUT2D eigenvalue weighted by atomic mass is 32.2. The molecule has 1 fully saturated rings. The molecule has 2 heterocycles. The van der Waals surface area contributed by atoms with Gasteiger partial charge in [-0.3, -0.25) is 4.98 Å². The van der Waals surface area contributed by atoms with E-state index in [1.807, 2.05) is 51.2 Å². The van der Waals surface area contributed by atoms with Crippen LogP contribution < -0.4 is 0 Å². The van der Waals surface area contributed by atoms with E-state index in [0.29, 0.717) is 11.8 Å². The molecule has 1 amide bonds. The predicted molar refractivity (Wildman–Crippen MR) is 96.2 cm³/mol. The van der Waals surface area contributed by atoms with E-state index < -0.39 is 5.60 Å². The van der Waals surface area contributed by atoms with Crippen LogP contribution in [0.2, 0.25) is 0 Å². The van der Waals surface area contributed by atoms with Crippen LogP contribution in [0.25, 0.3) is 11.0 Å². The Labute approximate surface area is 146 Å². The number of hydrogen-bond acceptors (Lipinski definition) is 5. The Morgan fingerprint density at radius 2 is 2.04 bits per heavy atom. The highest BCUT2D eigenvalue weighted by Crippen LogP contribution is 2.29. The number of carbonyl (C=O) groups is 1. The second-order valence-electron chi connectivity index (χ2n) is 7.01. The van der Waals surface area contributed by atoms with Gasteiger partial charge < -0.3 is 9.64 Å². The summed E-state index contributed by atoms with van der Waals surface area (Å²) >= 11 is 1.70. The van der Waals surface area contributed by atoms with Crippen LogP contribution in [0.15, 0.2) is 35.5 Å². The highest BCUT2D eigenvalue weighted by Gasteiger charge is 2.28. The molecule has 2 aromatic rings. The molecule has 0 aliphatic carbocycles. The maximum absolute atomic E-state index is 12.3. The van der Waals surface area contributed by atoms with Crippen LogP contribution in [0.3, 0.4) is 0 Å². The molecule has 1 aromatic heterocycles. The molecule has 1 atom stereocenters. The molecule has 0 saturated carbocycles. The van der Waals surface area contributed by atoms with E-state index in [1.165, 1.54) is 0 Å². The van der Waals surface area contributed by atoms with E-state index in [4.69, 9.17) is 4.74 Å². The molecule has 1 aliphatic rings. The van der Waals surface area contributed by atoms with Crippen molar-refractivity contribution in [3.05, 3.63) is 30.5 Å². The zero-order chi connectivity index (χ0) is 17.2. The number of hydrogen-bond donors (Lipinski definition) is 0. The zero-order valence-corrected chi connectivity index (χ0v) is 15.2. The molecule has 0 radical (unpaired) electrons. The third-order valence-corrected chi connectivity index (χ3v) is 4.90. The molecule has 1 aliphatic heterocycles. The number of benzene rings is 1. The number of ether oxygens (including phenoxy) is 1. The van der Waals surface area contributed by atoms with Crippen LogP contribution in [-0.2, 0) is 4.74 Å². The summed E-state index contributed by atoms with van der Waals surface area (Å²) in [6.45, 7) is 7.13. The van der Waals surface area contributed by atoms with Gasteiger partial charge >= 0.3 is 6.09 Å². The van der Waals surface area contributed by atoms with Crippen molar-refractivity contribution in [2.45, 2.75) is 49.5 Å². The van der Waals surface area contributed by atoms with Gasteiger partial charge in [-0.1, -0.05) is 23.9 Å². The van der Waals surface area contributed by atoms with Crippen LogP contribution in [0.4, 0.5) is 4.79 Å². The number of likely N-dealkylation sites (tertiary alicyclic amines) is 1. The van der Waals surface area contributed by atoms with Crippen molar-refractivity contribution < 1.29 is 9.53 Å². The lowest BCUT2D eigenvalue weighted by Gasteiger charge is -2.33. The van der Waals surface area contributed by atoms with E-state index in [1.54, 1.807) is 16.7 Å². The van der Waals surface area contributed by atoms with E-state index in [2.05, 4.69) is 9.97 Å². The molecule has 3 rings (SSSR count). The molecule has 1 aromatic carbocycles. The van der Waals surface area contributed by atoms with Crippen molar-refractivity contribution >= 4 is 28.9 Å². The minimum absolute atomic E-state index is 0.225. The summed E-state index contributed by atoms with van der Waals surface area (Å²) in [7, 11) is 0. The predicted octanol–water partition coefficient (Wildman–Crippen LogP) is 4.12. The second kappa shape index (κ2) is 6.97. The van der Waals surface area contributed by atoms with E-state index in [0.717, 1.165) is 35.4 Å². The molecule has 0 unspecified atom stereocenters. The Kier molecular flexibility index (Phi) is 4.94. The average Bonchev–Trinajstić information content (AvgIpc) is 2.53. The van der Waals surface area contributed by atoms with Gasteiger partial charge in [0.05, 0.1) is 17.2 Å². The summed E-state index contributed by atoms with van der Waals surface area (Å²) in [4.78, 5) is 23.2. The maximum Gasteiger partial charge on any atom is 0.410 e. The summed E-state index contributed by atoms with van der Waals surface area (Å²) in [6.07, 6.45) is 3.65. The lowest BCUT2D eigenvalue weighted by atomic mass is 10.1. The summed E-state index contributed by atoms with van der Waals surface area (Å²) in [5.74, 6) is 0. The topological polar surface area (TPSA) is 55.3 Å². The van der Waals surface area contributed by atoms with Crippen LogP contribution in [-0.4, -0.2) is 44.9 Å². The van der Waals surface area contributed by atoms with Gasteiger partial charge in [0.25, 0.3) is 0 Å². The zero-order valence-electron chi connectivity index (χ0n) is 14.4. The monoisotopic (exact) mass is 345 g/mol. The molecule has 0 bridgehead atoms. The minimum Gasteiger partial charge on any atom is -0.444 e. The summed E-state index contributed by atoms with van der Waals surface area (Å²) in [5.41, 5.74) is 1.35. The van der Waals surface area contributed by atoms with Crippen LogP contribution in [0.5, 0.6) is 0 Å². The van der Waals surface area contributed by atoms with Gasteiger partial charge in [-0.15, -0.1) is 0 Å². The smallest absolute Gasteiger partial charge is 0.410 e. The quantitative estimate of drug-likeness (QED) is 0.819. The Morgan fingerprint density at radius 3 is 2.79 bits per heavy atom. The van der Waals surface area contributed by atoms with Gasteiger partial charge in [-0.25, -0.2) is 9.78 Å². The summed E-state index contributed by atoms with van der Waals surface area (Å²) in [5, 5.41) is 1.23. The molecule has 24 heavy (non-hydrogen) atoms. The fourth-order valence-corrected chi connectivity index (χ4v) is 3.84. The van der Waals surface area contributed by atoms with E-state index in [9.17, 15) is 4.79 Å². The first kappa shape index (κ1) is 17.0. The fourth-order valence-electron chi connectivity index (χ4n) is 2.69. The highest BCUT2D eigenvalue weighted by molar-refractivity contribution is 7.99. The van der Waals surface area contributed by atoms with E-state index >= 15 is 0 Å². The number of nitrogens with zero attached hydrogens (tertiary/aromatic N) is 3. The van der Waals surface area contributed by atoms with Crippen molar-refractivity contribution in [2.24, 2.45) is 0 Å². The number of carbonyl (C=O) groups excluding carboxylic acids is 1. The molecule has 6 heteroatoms. The maximum atomic E-state index is 12.3. The molecular formula is C18H23N3O2S. The third kappa shape index (κ3) is 4.38. The lowest BCUT2D eigenvalue weighted by molar-refractivity contribution is 0.0220. The van der Waals surface area contributed by atoms with Crippen molar-refractivity contribution in [1.29, 1.82) is 0 Å². The van der Waals surface area contributed by atoms with Crippen LogP contribution in [0, 0.1) is 0 Å². The van der Waals surface area contributed by atoms with Crippen molar-refractivity contribution in [1.82, 2.24) is 14.9 Å². The molecule has 0 spiro atoms. The van der Waals surface area contributed by atoms with Crippen LogP contribution in [0.1, 0.15) is 33.6 Å². The number of fused-ring (bicyclic) bond motifs is 1. The van der Waals surface area contributed by atoms with Crippen molar-refractivity contribution in [2.75, 3.05) is 13.1 Å². The van der Waals surface area contributed by atoms with Gasteiger partial charge in [0.2, 0.25) is 0 Å². The second-order valence-corrected chi connectivity index (χ2v) is 8.33. The SMILES string of the molecule is CC(C)(C)OC(=O)N1CCC[C@@H](Sc2cnc3ccccc3n2)C1. The van der Waals surface area contributed by atoms with Crippen LogP contribution >= 0.6 is 11.8 Å². The Hall–Kier alpha value is -1.82. The van der Waals surface area contributed by atoms with Gasteiger partial charge in [-0.2, -0.15) is 0 Å². The van der Waals surface area contributed by atoms with Gasteiger partial charge in [0.1, 0.15) is 10.6 Å². The van der Waals surface area contributed by atoms with Gasteiger partial charge in [0, 0.05) is 18.3 Å². The molecule has 0 N–H and O–H groups in total. The molecular weight excluding hydrogens is 322 g/mol. The molecule has 128 valence electrons. The normalized spacial score (nSPS) is 18.6. The number of thioether (sulfide) groups is 1.